The Morgan fingerprint density at radius 1 is 1.28 bits per heavy atom. The molecular formula is C13H17NO3S. The van der Waals surface area contributed by atoms with Gasteiger partial charge in [-0.1, -0.05) is 18.2 Å². The van der Waals surface area contributed by atoms with Crippen molar-refractivity contribution < 1.29 is 14.7 Å². The van der Waals surface area contributed by atoms with Crippen LogP contribution in [0.4, 0.5) is 4.79 Å². The molecule has 2 N–H and O–H groups in total. The Hall–Kier alpha value is -1.49. The Balaban J connectivity index is 2.38. The van der Waals surface area contributed by atoms with E-state index in [1.165, 1.54) is 0 Å². The average Bonchev–Trinajstić information content (AvgIpc) is 2.37. The Labute approximate surface area is 111 Å². The smallest absolute Gasteiger partial charge is 0.404 e. The number of ketones is 1. The lowest BCUT2D eigenvalue weighted by molar-refractivity contribution is 0.0976. The van der Waals surface area contributed by atoms with Gasteiger partial charge in [0.2, 0.25) is 0 Å². The summed E-state index contributed by atoms with van der Waals surface area (Å²) >= 11 is 1.56. The third kappa shape index (κ3) is 4.79. The molecule has 0 spiro atoms. The third-order valence-electron chi connectivity index (χ3n) is 2.51. The van der Waals surface area contributed by atoms with Crippen LogP contribution in [0.5, 0.6) is 0 Å². The molecule has 0 aliphatic rings. The van der Waals surface area contributed by atoms with Gasteiger partial charge in [0.05, 0.1) is 0 Å². The highest BCUT2D eigenvalue weighted by molar-refractivity contribution is 7.98. The van der Waals surface area contributed by atoms with Crippen molar-refractivity contribution in [1.82, 2.24) is 5.32 Å². The van der Waals surface area contributed by atoms with Crippen molar-refractivity contribution in [3.8, 4) is 0 Å². The molecular weight excluding hydrogens is 250 g/mol. The van der Waals surface area contributed by atoms with Crippen LogP contribution in [0.15, 0.2) is 29.2 Å². The minimum atomic E-state index is -1.02. The lowest BCUT2D eigenvalue weighted by Crippen LogP contribution is -2.21. The van der Waals surface area contributed by atoms with Gasteiger partial charge in [-0.05, 0) is 25.2 Å². The Kier molecular flexibility index (Phi) is 6.28. The molecule has 0 bridgehead atoms. The molecule has 4 nitrogen and oxygen atoms in total. The van der Waals surface area contributed by atoms with Gasteiger partial charge >= 0.3 is 6.09 Å². The van der Waals surface area contributed by atoms with E-state index in [9.17, 15) is 9.59 Å². The normalized spacial score (nSPS) is 10.1. The van der Waals surface area contributed by atoms with E-state index in [0.717, 1.165) is 10.5 Å². The topological polar surface area (TPSA) is 66.4 Å². The van der Waals surface area contributed by atoms with Gasteiger partial charge in [-0.15, -0.1) is 11.8 Å². The van der Waals surface area contributed by atoms with E-state index in [2.05, 4.69) is 5.32 Å². The molecule has 0 aromatic heterocycles. The molecule has 1 rings (SSSR count). The van der Waals surface area contributed by atoms with Gasteiger partial charge < -0.3 is 10.4 Å². The summed E-state index contributed by atoms with van der Waals surface area (Å²) in [4.78, 5) is 23.2. The summed E-state index contributed by atoms with van der Waals surface area (Å²) in [5, 5.41) is 10.7. The molecule has 0 unspecified atom stereocenters. The molecule has 0 saturated heterocycles. The molecule has 0 radical (unpaired) electrons. The van der Waals surface area contributed by atoms with Crippen molar-refractivity contribution >= 4 is 23.6 Å². The standard InChI is InChI=1S/C13H17NO3S/c1-18-12-8-3-2-6-10(12)11(15)7-4-5-9-14-13(16)17/h2-3,6,8,14H,4-5,7,9H2,1H3,(H,16,17). The van der Waals surface area contributed by atoms with Crippen LogP contribution in [-0.2, 0) is 0 Å². The average molecular weight is 267 g/mol. The zero-order chi connectivity index (χ0) is 13.4. The molecule has 5 heteroatoms. The molecule has 0 fully saturated rings. The fourth-order valence-electron chi connectivity index (χ4n) is 1.62. The van der Waals surface area contributed by atoms with Crippen LogP contribution < -0.4 is 5.32 Å². The van der Waals surface area contributed by atoms with Crippen LogP contribution >= 0.6 is 11.8 Å². The number of thioether (sulfide) groups is 1. The maximum Gasteiger partial charge on any atom is 0.404 e. The first-order valence-corrected chi connectivity index (χ1v) is 7.00. The minimum absolute atomic E-state index is 0.121. The Morgan fingerprint density at radius 3 is 2.67 bits per heavy atom. The number of nitrogens with one attached hydrogen (secondary N) is 1. The van der Waals surface area contributed by atoms with Crippen molar-refractivity contribution in [2.75, 3.05) is 12.8 Å². The number of Topliss-reactive ketones (excluding diaryl/α,β-unsaturated/α-hetero) is 1. The number of carbonyl (C=O) groups excluding carboxylic acids is 1. The first kappa shape index (κ1) is 14.6. The lowest BCUT2D eigenvalue weighted by atomic mass is 10.1. The summed E-state index contributed by atoms with van der Waals surface area (Å²) in [5.74, 6) is 0.121. The zero-order valence-corrected chi connectivity index (χ0v) is 11.1. The van der Waals surface area contributed by atoms with Gasteiger partial charge in [0, 0.05) is 23.4 Å². The molecule has 1 aromatic rings. The summed E-state index contributed by atoms with van der Waals surface area (Å²) in [6, 6.07) is 7.55. The fourth-order valence-corrected chi connectivity index (χ4v) is 2.23. The third-order valence-corrected chi connectivity index (χ3v) is 3.31. The summed E-state index contributed by atoms with van der Waals surface area (Å²) in [5.41, 5.74) is 0.760. The van der Waals surface area contributed by atoms with Crippen molar-refractivity contribution in [1.29, 1.82) is 0 Å². The highest BCUT2D eigenvalue weighted by Crippen LogP contribution is 2.21. The molecule has 1 aromatic carbocycles. The number of hydrogen-bond acceptors (Lipinski definition) is 3. The van der Waals surface area contributed by atoms with Crippen LogP contribution in [0.2, 0.25) is 0 Å². The molecule has 98 valence electrons. The van der Waals surface area contributed by atoms with Crippen LogP contribution in [0, 0.1) is 0 Å². The van der Waals surface area contributed by atoms with Crippen LogP contribution in [-0.4, -0.2) is 29.8 Å². The summed E-state index contributed by atoms with van der Waals surface area (Å²) in [6.45, 7) is 0.396. The van der Waals surface area contributed by atoms with Gasteiger partial charge in [0.15, 0.2) is 5.78 Å². The predicted octanol–water partition coefficient (Wildman–Crippen LogP) is 3.03. The van der Waals surface area contributed by atoms with E-state index in [-0.39, 0.29) is 5.78 Å². The maximum absolute atomic E-state index is 12.0. The van der Waals surface area contributed by atoms with Crippen molar-refractivity contribution in [2.45, 2.75) is 24.2 Å². The quantitative estimate of drug-likeness (QED) is 0.453. The highest BCUT2D eigenvalue weighted by Gasteiger charge is 2.09. The molecule has 0 aliphatic heterocycles. The van der Waals surface area contributed by atoms with Gasteiger partial charge in [-0.2, -0.15) is 0 Å². The zero-order valence-electron chi connectivity index (χ0n) is 10.3. The lowest BCUT2D eigenvalue weighted by Gasteiger charge is -2.06. The Bertz CT molecular complexity index is 420. The molecule has 1 amide bonds. The second-order valence-corrected chi connectivity index (χ2v) is 4.66. The van der Waals surface area contributed by atoms with E-state index in [0.29, 0.717) is 25.8 Å². The summed E-state index contributed by atoms with van der Waals surface area (Å²) in [7, 11) is 0. The molecule has 0 atom stereocenters. The van der Waals surface area contributed by atoms with Gasteiger partial charge in [-0.25, -0.2) is 4.79 Å². The first-order valence-electron chi connectivity index (χ1n) is 5.78. The monoisotopic (exact) mass is 267 g/mol. The number of rotatable bonds is 7. The molecule has 0 aliphatic carbocycles. The van der Waals surface area contributed by atoms with E-state index in [1.807, 2.05) is 30.5 Å². The van der Waals surface area contributed by atoms with E-state index in [1.54, 1.807) is 11.8 Å². The first-order chi connectivity index (χ1) is 8.65. The molecule has 0 heterocycles. The molecule has 18 heavy (non-hydrogen) atoms. The maximum atomic E-state index is 12.0. The predicted molar refractivity (Wildman–Crippen MR) is 72.4 cm³/mol. The number of unbranched alkanes of at least 4 members (excludes halogenated alkanes) is 1. The SMILES string of the molecule is CSc1ccccc1C(=O)CCCCNC(=O)O. The molecule has 0 saturated carbocycles. The van der Waals surface area contributed by atoms with Crippen LogP contribution in [0.25, 0.3) is 0 Å². The number of amides is 1. The van der Waals surface area contributed by atoms with Crippen molar-refractivity contribution in [3.05, 3.63) is 29.8 Å². The minimum Gasteiger partial charge on any atom is -0.465 e. The second kappa shape index (κ2) is 7.76. The van der Waals surface area contributed by atoms with Crippen LogP contribution in [0.3, 0.4) is 0 Å². The summed E-state index contributed by atoms with van der Waals surface area (Å²) < 4.78 is 0. The van der Waals surface area contributed by atoms with Crippen molar-refractivity contribution in [2.24, 2.45) is 0 Å². The number of hydrogen-bond donors (Lipinski definition) is 2. The van der Waals surface area contributed by atoms with E-state index in [4.69, 9.17) is 5.11 Å². The van der Waals surface area contributed by atoms with Gasteiger partial charge in [0.25, 0.3) is 0 Å². The summed E-state index contributed by atoms with van der Waals surface area (Å²) in [6.07, 6.45) is 2.76. The highest BCUT2D eigenvalue weighted by atomic mass is 32.2. The largest absolute Gasteiger partial charge is 0.465 e. The Morgan fingerprint density at radius 2 is 2.00 bits per heavy atom. The number of carboxylic acid groups (broad SMARTS) is 1. The van der Waals surface area contributed by atoms with Crippen LogP contribution in [0.1, 0.15) is 29.6 Å². The van der Waals surface area contributed by atoms with Crippen molar-refractivity contribution in [3.63, 3.8) is 0 Å². The number of benzene rings is 1. The van der Waals surface area contributed by atoms with E-state index < -0.39 is 6.09 Å². The van der Waals surface area contributed by atoms with Gasteiger partial charge in [0.1, 0.15) is 0 Å². The van der Waals surface area contributed by atoms with E-state index >= 15 is 0 Å². The fraction of sp³-hybridized carbons (Fsp3) is 0.385. The number of carbonyl (C=O) groups is 2. The second-order valence-electron chi connectivity index (χ2n) is 3.81. The van der Waals surface area contributed by atoms with Gasteiger partial charge in [-0.3, -0.25) is 4.79 Å².